The maximum atomic E-state index is 10.9. The number of fused-ring (bicyclic) bond motifs is 1. The van der Waals surface area contributed by atoms with Crippen LogP contribution in [0.3, 0.4) is 0 Å². The van der Waals surface area contributed by atoms with E-state index in [2.05, 4.69) is 10.2 Å². The van der Waals surface area contributed by atoms with E-state index in [1.807, 2.05) is 68.7 Å². The average molecular weight is 312 g/mol. The molecule has 0 bridgehead atoms. The number of rotatable bonds is 5. The number of nitrogens with one attached hydrogen (secondary N) is 1. The number of ether oxygens (including phenoxy) is 1. The first-order valence-corrected chi connectivity index (χ1v) is 8.03. The monoisotopic (exact) mass is 312 g/mol. The molecule has 0 spiro atoms. The van der Waals surface area contributed by atoms with Crippen molar-refractivity contribution in [2.75, 3.05) is 27.2 Å². The lowest BCUT2D eigenvalue weighted by Gasteiger charge is -2.37. The minimum absolute atomic E-state index is 0.134. The third-order valence-electron chi connectivity index (χ3n) is 4.21. The largest absolute Gasteiger partial charge is 0.483 e. The van der Waals surface area contributed by atoms with E-state index < -0.39 is 6.10 Å². The van der Waals surface area contributed by atoms with Crippen LogP contribution in [0.2, 0.25) is 0 Å². The standard InChI is InChI=1S/C19H24N2O2/c1-21(2)13-12-20-17-15-10-6-7-11-16(15)23-19(18(17)22)14-8-4-3-5-9-14/h3-11,17-20,22H,12-13H2,1-2H3. The van der Waals surface area contributed by atoms with Gasteiger partial charge < -0.3 is 20.1 Å². The highest BCUT2D eigenvalue weighted by molar-refractivity contribution is 5.40. The highest BCUT2D eigenvalue weighted by atomic mass is 16.5. The van der Waals surface area contributed by atoms with Crippen molar-refractivity contribution in [1.29, 1.82) is 0 Å². The summed E-state index contributed by atoms with van der Waals surface area (Å²) in [7, 11) is 4.09. The molecule has 1 aliphatic heterocycles. The van der Waals surface area contributed by atoms with Crippen LogP contribution in [-0.4, -0.2) is 43.3 Å². The van der Waals surface area contributed by atoms with Crippen LogP contribution in [0.15, 0.2) is 54.6 Å². The number of para-hydroxylation sites is 1. The van der Waals surface area contributed by atoms with Crippen LogP contribution in [0, 0.1) is 0 Å². The summed E-state index contributed by atoms with van der Waals surface area (Å²) < 4.78 is 6.09. The number of hydrogen-bond donors (Lipinski definition) is 2. The first-order chi connectivity index (χ1) is 11.2. The van der Waals surface area contributed by atoms with Gasteiger partial charge >= 0.3 is 0 Å². The zero-order chi connectivity index (χ0) is 16.2. The van der Waals surface area contributed by atoms with Crippen LogP contribution in [0.25, 0.3) is 0 Å². The molecule has 3 unspecified atom stereocenters. The molecule has 2 N–H and O–H groups in total. The Balaban J connectivity index is 1.87. The Morgan fingerprint density at radius 1 is 1.04 bits per heavy atom. The second kappa shape index (κ2) is 7.13. The molecule has 0 amide bonds. The van der Waals surface area contributed by atoms with Gasteiger partial charge in [0.25, 0.3) is 0 Å². The quantitative estimate of drug-likeness (QED) is 0.890. The number of hydrogen-bond acceptors (Lipinski definition) is 4. The van der Waals surface area contributed by atoms with Crippen LogP contribution in [0.4, 0.5) is 0 Å². The molecular weight excluding hydrogens is 288 g/mol. The van der Waals surface area contributed by atoms with E-state index in [0.29, 0.717) is 0 Å². The first kappa shape index (κ1) is 16.0. The number of benzene rings is 2. The summed E-state index contributed by atoms with van der Waals surface area (Å²) in [5.74, 6) is 0.842. The predicted molar refractivity (Wildman–Crippen MR) is 91.6 cm³/mol. The summed E-state index contributed by atoms with van der Waals surface area (Å²) in [5.41, 5.74) is 2.01. The molecule has 0 saturated carbocycles. The lowest BCUT2D eigenvalue weighted by atomic mass is 9.90. The van der Waals surface area contributed by atoms with Gasteiger partial charge in [-0.1, -0.05) is 48.5 Å². The molecule has 4 nitrogen and oxygen atoms in total. The minimum atomic E-state index is -0.630. The van der Waals surface area contributed by atoms with Gasteiger partial charge in [0, 0.05) is 18.7 Å². The van der Waals surface area contributed by atoms with E-state index in [9.17, 15) is 5.11 Å². The fourth-order valence-corrected chi connectivity index (χ4v) is 2.99. The average Bonchev–Trinajstić information content (AvgIpc) is 2.57. The second-order valence-corrected chi connectivity index (χ2v) is 6.21. The number of aliphatic hydroxyl groups is 1. The molecule has 0 aliphatic carbocycles. The first-order valence-electron chi connectivity index (χ1n) is 8.03. The van der Waals surface area contributed by atoms with Crippen molar-refractivity contribution in [2.45, 2.75) is 18.2 Å². The van der Waals surface area contributed by atoms with Gasteiger partial charge in [0.2, 0.25) is 0 Å². The molecule has 0 radical (unpaired) electrons. The molecule has 0 saturated heterocycles. The lowest BCUT2D eigenvalue weighted by Crippen LogP contribution is -2.43. The fourth-order valence-electron chi connectivity index (χ4n) is 2.99. The zero-order valence-electron chi connectivity index (χ0n) is 13.6. The molecule has 2 aromatic carbocycles. The molecule has 1 aliphatic rings. The molecule has 1 heterocycles. The summed E-state index contributed by atoms with van der Waals surface area (Å²) in [6.45, 7) is 1.73. The van der Waals surface area contributed by atoms with Crippen molar-refractivity contribution in [3.8, 4) is 5.75 Å². The van der Waals surface area contributed by atoms with Crippen molar-refractivity contribution in [3.63, 3.8) is 0 Å². The van der Waals surface area contributed by atoms with Gasteiger partial charge in [-0.3, -0.25) is 0 Å². The Kier molecular flexibility index (Phi) is 4.96. The number of aliphatic hydroxyl groups excluding tert-OH is 1. The van der Waals surface area contributed by atoms with Crippen LogP contribution in [0.1, 0.15) is 23.3 Å². The zero-order valence-corrected chi connectivity index (χ0v) is 13.6. The van der Waals surface area contributed by atoms with E-state index in [1.165, 1.54) is 0 Å². The van der Waals surface area contributed by atoms with Crippen molar-refractivity contribution in [2.24, 2.45) is 0 Å². The summed E-state index contributed by atoms with van der Waals surface area (Å²) in [4.78, 5) is 2.12. The van der Waals surface area contributed by atoms with Crippen molar-refractivity contribution in [1.82, 2.24) is 10.2 Å². The number of nitrogens with zero attached hydrogens (tertiary/aromatic N) is 1. The molecule has 4 heteroatoms. The van der Waals surface area contributed by atoms with Crippen LogP contribution in [0.5, 0.6) is 5.75 Å². The third kappa shape index (κ3) is 3.55. The van der Waals surface area contributed by atoms with E-state index in [1.54, 1.807) is 0 Å². The lowest BCUT2D eigenvalue weighted by molar-refractivity contribution is -0.00880. The molecular formula is C19H24N2O2. The van der Waals surface area contributed by atoms with E-state index in [0.717, 1.165) is 30.0 Å². The fraction of sp³-hybridized carbons (Fsp3) is 0.368. The maximum Gasteiger partial charge on any atom is 0.151 e. The normalized spacial score (nSPS) is 23.4. The van der Waals surface area contributed by atoms with E-state index in [-0.39, 0.29) is 12.1 Å². The summed E-state index contributed by atoms with van der Waals surface area (Å²) in [6, 6.07) is 17.7. The predicted octanol–water partition coefficient (Wildman–Crippen LogP) is 2.37. The van der Waals surface area contributed by atoms with Gasteiger partial charge in [-0.15, -0.1) is 0 Å². The Morgan fingerprint density at radius 3 is 2.48 bits per heavy atom. The number of likely N-dealkylation sites (N-methyl/N-ethyl adjacent to an activating group) is 1. The SMILES string of the molecule is CN(C)CCNC1c2ccccc2OC(c2ccccc2)C1O. The molecule has 122 valence electrons. The van der Waals surface area contributed by atoms with Crippen LogP contribution >= 0.6 is 0 Å². The Hall–Kier alpha value is -1.88. The van der Waals surface area contributed by atoms with Gasteiger partial charge in [0.05, 0.1) is 6.04 Å². The smallest absolute Gasteiger partial charge is 0.151 e. The molecule has 3 rings (SSSR count). The summed E-state index contributed by atoms with van der Waals surface area (Å²) >= 11 is 0. The van der Waals surface area contributed by atoms with Gasteiger partial charge in [-0.2, -0.15) is 0 Å². The van der Waals surface area contributed by atoms with Gasteiger partial charge in [0.15, 0.2) is 6.10 Å². The highest BCUT2D eigenvalue weighted by Crippen LogP contribution is 2.40. The van der Waals surface area contributed by atoms with Crippen LogP contribution in [-0.2, 0) is 0 Å². The highest BCUT2D eigenvalue weighted by Gasteiger charge is 2.37. The summed E-state index contributed by atoms with van der Waals surface area (Å²) in [5, 5.41) is 14.4. The molecule has 0 fully saturated rings. The van der Waals surface area contributed by atoms with Crippen molar-refractivity contribution < 1.29 is 9.84 Å². The van der Waals surface area contributed by atoms with E-state index >= 15 is 0 Å². The Labute approximate surface area is 137 Å². The topological polar surface area (TPSA) is 44.7 Å². The Morgan fingerprint density at radius 2 is 1.74 bits per heavy atom. The van der Waals surface area contributed by atoms with E-state index in [4.69, 9.17) is 4.74 Å². The summed E-state index contributed by atoms with van der Waals surface area (Å²) in [6.07, 6.45) is -0.989. The van der Waals surface area contributed by atoms with Gasteiger partial charge in [-0.25, -0.2) is 0 Å². The van der Waals surface area contributed by atoms with Crippen molar-refractivity contribution >= 4 is 0 Å². The third-order valence-corrected chi connectivity index (χ3v) is 4.21. The minimum Gasteiger partial charge on any atom is -0.483 e. The van der Waals surface area contributed by atoms with Crippen LogP contribution < -0.4 is 10.1 Å². The molecule has 23 heavy (non-hydrogen) atoms. The van der Waals surface area contributed by atoms with Gasteiger partial charge in [0.1, 0.15) is 11.9 Å². The molecule has 3 atom stereocenters. The van der Waals surface area contributed by atoms with Crippen molar-refractivity contribution in [3.05, 3.63) is 65.7 Å². The van der Waals surface area contributed by atoms with Gasteiger partial charge in [-0.05, 0) is 25.7 Å². The second-order valence-electron chi connectivity index (χ2n) is 6.21. The molecule has 0 aromatic heterocycles. The maximum absolute atomic E-state index is 10.9. The Bertz CT molecular complexity index is 630. The molecule has 2 aromatic rings.